The molecule has 0 saturated heterocycles. The molecule has 2 aromatic heterocycles. The Bertz CT molecular complexity index is 2580. The Labute approximate surface area is 289 Å². The van der Waals surface area contributed by atoms with Crippen LogP contribution in [0.1, 0.15) is 0 Å². The molecule has 218 valence electrons. The summed E-state index contributed by atoms with van der Waals surface area (Å²) < 4.78 is 5.43. The smallest absolute Gasteiger partial charge is 0.135 e. The SMILES string of the molecule is c1ccc2c(c1)Sc1c(-c3cccc4c3sc3ccccc34)cc(-c3cccc4c3sc3ccccc34)c3c1B2c1ccccc1S3. The average molecular weight is 667 g/mol. The molecule has 11 rings (SSSR count). The lowest BCUT2D eigenvalue weighted by molar-refractivity contribution is 1.33. The highest BCUT2D eigenvalue weighted by atomic mass is 32.2. The second-order valence-corrected chi connectivity index (χ2v) is 16.5. The van der Waals surface area contributed by atoms with E-state index in [1.165, 1.54) is 98.6 Å². The second kappa shape index (κ2) is 10.1. The number of hydrogen-bond acceptors (Lipinski definition) is 4. The van der Waals surface area contributed by atoms with E-state index in [1.54, 1.807) is 0 Å². The van der Waals surface area contributed by atoms with Gasteiger partial charge in [0.2, 0.25) is 6.71 Å². The number of hydrogen-bond donors (Lipinski definition) is 0. The summed E-state index contributed by atoms with van der Waals surface area (Å²) in [7, 11) is 0. The largest absolute Gasteiger partial charge is 0.247 e. The molecule has 2 aliphatic heterocycles. The van der Waals surface area contributed by atoms with Crippen LogP contribution in [0.3, 0.4) is 0 Å². The van der Waals surface area contributed by atoms with Crippen molar-refractivity contribution in [3.8, 4) is 22.3 Å². The van der Waals surface area contributed by atoms with E-state index in [2.05, 4.69) is 140 Å². The molecule has 7 aromatic carbocycles. The summed E-state index contributed by atoms with van der Waals surface area (Å²) in [5, 5.41) is 5.38. The Morgan fingerprint density at radius 2 is 0.830 bits per heavy atom. The van der Waals surface area contributed by atoms with Gasteiger partial charge in [0.25, 0.3) is 0 Å². The van der Waals surface area contributed by atoms with Gasteiger partial charge in [-0.15, -0.1) is 22.7 Å². The van der Waals surface area contributed by atoms with Gasteiger partial charge in [-0.05, 0) is 46.9 Å². The Hall–Kier alpha value is -4.26. The van der Waals surface area contributed by atoms with Crippen LogP contribution in [0.25, 0.3) is 62.6 Å². The predicted octanol–water partition coefficient (Wildman–Crippen LogP) is 11.2. The third-order valence-electron chi connectivity index (χ3n) is 9.83. The predicted molar refractivity (Wildman–Crippen MR) is 209 cm³/mol. The fourth-order valence-corrected chi connectivity index (χ4v) is 12.9. The highest BCUT2D eigenvalue weighted by Gasteiger charge is 2.40. The van der Waals surface area contributed by atoms with Crippen LogP contribution in [0, 0.1) is 0 Å². The van der Waals surface area contributed by atoms with Crippen molar-refractivity contribution < 1.29 is 0 Å². The summed E-state index contributed by atoms with van der Waals surface area (Å²) in [6.45, 7) is 0.192. The molecular weight excluding hydrogens is 644 g/mol. The van der Waals surface area contributed by atoms with Crippen molar-refractivity contribution in [2.75, 3.05) is 0 Å². The second-order valence-electron chi connectivity index (χ2n) is 12.3. The Balaban J connectivity index is 1.30. The first-order chi connectivity index (χ1) is 23.3. The quantitative estimate of drug-likeness (QED) is 0.168. The third-order valence-corrected chi connectivity index (χ3v) is 14.7. The van der Waals surface area contributed by atoms with Crippen molar-refractivity contribution in [3.05, 3.63) is 140 Å². The summed E-state index contributed by atoms with van der Waals surface area (Å²) in [5.41, 5.74) is 9.67. The molecule has 2 aliphatic rings. The van der Waals surface area contributed by atoms with Crippen LogP contribution in [0.5, 0.6) is 0 Å². The molecule has 47 heavy (non-hydrogen) atoms. The summed E-state index contributed by atoms with van der Waals surface area (Å²) in [5.74, 6) is 0. The van der Waals surface area contributed by atoms with Crippen molar-refractivity contribution in [1.29, 1.82) is 0 Å². The summed E-state index contributed by atoms with van der Waals surface area (Å²) in [6.07, 6.45) is 0. The van der Waals surface area contributed by atoms with E-state index in [9.17, 15) is 0 Å². The monoisotopic (exact) mass is 666 g/mol. The molecule has 0 nitrogen and oxygen atoms in total. The first-order valence-corrected chi connectivity index (χ1v) is 19.1. The van der Waals surface area contributed by atoms with Crippen molar-refractivity contribution in [3.63, 3.8) is 0 Å². The van der Waals surface area contributed by atoms with E-state index in [0.29, 0.717) is 0 Å². The molecular formula is C42H23BS4. The lowest BCUT2D eigenvalue weighted by atomic mass is 9.36. The zero-order valence-corrected chi connectivity index (χ0v) is 28.3. The molecule has 0 unspecified atom stereocenters. The van der Waals surface area contributed by atoms with Gasteiger partial charge in [0.1, 0.15) is 0 Å². The van der Waals surface area contributed by atoms with E-state index in [4.69, 9.17) is 0 Å². The van der Waals surface area contributed by atoms with Gasteiger partial charge in [0.15, 0.2) is 0 Å². The molecule has 0 saturated carbocycles. The van der Waals surface area contributed by atoms with Crippen LogP contribution in [-0.2, 0) is 0 Å². The van der Waals surface area contributed by atoms with Gasteiger partial charge in [-0.1, -0.05) is 144 Å². The van der Waals surface area contributed by atoms with Crippen LogP contribution < -0.4 is 16.4 Å². The molecule has 0 amide bonds. The summed E-state index contributed by atoms with van der Waals surface area (Å²) in [6, 6.07) is 52.3. The van der Waals surface area contributed by atoms with E-state index < -0.39 is 0 Å². The molecule has 0 aliphatic carbocycles. The zero-order chi connectivity index (χ0) is 30.6. The molecule has 0 radical (unpaired) electrons. The third kappa shape index (κ3) is 3.80. The molecule has 5 heteroatoms. The highest BCUT2D eigenvalue weighted by molar-refractivity contribution is 8.01. The minimum atomic E-state index is 0.192. The van der Waals surface area contributed by atoms with Gasteiger partial charge in [0, 0.05) is 71.1 Å². The fraction of sp³-hybridized carbons (Fsp3) is 0. The Morgan fingerprint density at radius 1 is 0.383 bits per heavy atom. The first-order valence-electron chi connectivity index (χ1n) is 15.9. The van der Waals surface area contributed by atoms with Crippen molar-refractivity contribution >= 4 is 110 Å². The van der Waals surface area contributed by atoms with E-state index in [1.807, 2.05) is 46.2 Å². The van der Waals surface area contributed by atoms with Gasteiger partial charge in [-0.3, -0.25) is 0 Å². The topological polar surface area (TPSA) is 0 Å². The lowest BCUT2D eigenvalue weighted by Gasteiger charge is -2.35. The van der Waals surface area contributed by atoms with Gasteiger partial charge in [-0.25, -0.2) is 0 Å². The molecule has 4 heterocycles. The maximum atomic E-state index is 2.55. The van der Waals surface area contributed by atoms with Gasteiger partial charge < -0.3 is 0 Å². The number of fused-ring (bicyclic) bond motifs is 10. The van der Waals surface area contributed by atoms with Gasteiger partial charge in [-0.2, -0.15) is 0 Å². The summed E-state index contributed by atoms with van der Waals surface area (Å²) in [4.78, 5) is 5.54. The fourth-order valence-electron chi connectivity index (χ4n) is 7.79. The molecule has 0 bridgehead atoms. The summed E-state index contributed by atoms with van der Waals surface area (Å²) >= 11 is 7.79. The zero-order valence-electron chi connectivity index (χ0n) is 25.0. The molecule has 9 aromatic rings. The number of thiophene rings is 2. The van der Waals surface area contributed by atoms with Crippen LogP contribution in [-0.4, -0.2) is 6.71 Å². The molecule has 0 N–H and O–H groups in total. The lowest BCUT2D eigenvalue weighted by Crippen LogP contribution is -2.58. The molecule has 0 spiro atoms. The Kier molecular flexibility index (Phi) is 5.77. The molecule has 0 atom stereocenters. The maximum Gasteiger partial charge on any atom is 0.247 e. The van der Waals surface area contributed by atoms with E-state index in [0.717, 1.165) is 0 Å². The minimum Gasteiger partial charge on any atom is -0.135 e. The average Bonchev–Trinajstić information content (AvgIpc) is 3.70. The Morgan fingerprint density at radius 3 is 1.36 bits per heavy atom. The van der Waals surface area contributed by atoms with E-state index in [-0.39, 0.29) is 6.71 Å². The van der Waals surface area contributed by atoms with Crippen LogP contribution in [0.4, 0.5) is 0 Å². The first kappa shape index (κ1) is 26.8. The van der Waals surface area contributed by atoms with Crippen molar-refractivity contribution in [2.45, 2.75) is 19.6 Å². The molecule has 0 fully saturated rings. The van der Waals surface area contributed by atoms with E-state index >= 15 is 0 Å². The van der Waals surface area contributed by atoms with Crippen LogP contribution in [0.15, 0.2) is 159 Å². The van der Waals surface area contributed by atoms with Crippen molar-refractivity contribution in [2.24, 2.45) is 0 Å². The number of rotatable bonds is 2. The van der Waals surface area contributed by atoms with Gasteiger partial charge >= 0.3 is 0 Å². The number of benzene rings is 7. The highest BCUT2D eigenvalue weighted by Crippen LogP contribution is 2.51. The minimum absolute atomic E-state index is 0.192. The van der Waals surface area contributed by atoms with Crippen LogP contribution in [0.2, 0.25) is 0 Å². The van der Waals surface area contributed by atoms with Crippen molar-refractivity contribution in [1.82, 2.24) is 0 Å². The van der Waals surface area contributed by atoms with Crippen LogP contribution >= 0.6 is 46.2 Å². The normalized spacial score (nSPS) is 13.3. The maximum absolute atomic E-state index is 2.55. The van der Waals surface area contributed by atoms with Gasteiger partial charge in [0.05, 0.1) is 0 Å². The standard InChI is InChI=1S/C42H23BS4/c1-5-19-34-24(11-1)26-13-9-15-28(39(26)44-34)30-23-31(29-16-10-14-27-25-12-2-6-20-35(25)45-40(27)29)42-38-41(30)46-36-21-7-3-17-32(36)43(38)33-18-4-8-22-37(33)47-42/h1-23H.